The Morgan fingerprint density at radius 2 is 1.19 bits per heavy atom. The maximum Gasteiger partial charge on any atom is 0.255 e. The largest absolute Gasteiger partial charge is 0.496 e. The smallest absolute Gasteiger partial charge is 0.255 e. The van der Waals surface area contributed by atoms with E-state index in [1.54, 1.807) is 38.5 Å². The Hall–Kier alpha value is -3.09. The zero-order valence-electron chi connectivity index (χ0n) is 15.8. The van der Waals surface area contributed by atoms with Gasteiger partial charge in [0.1, 0.15) is 11.5 Å². The van der Waals surface area contributed by atoms with Gasteiger partial charge in [0, 0.05) is 28.9 Å². The molecule has 0 saturated heterocycles. The van der Waals surface area contributed by atoms with Crippen LogP contribution >= 0.6 is 0 Å². The van der Waals surface area contributed by atoms with Crippen LogP contribution in [0.25, 0.3) is 0 Å². The summed E-state index contributed by atoms with van der Waals surface area (Å²) in [6.07, 6.45) is 0. The van der Waals surface area contributed by atoms with E-state index in [4.69, 9.17) is 23.7 Å². The molecule has 0 aliphatic carbocycles. The fourth-order valence-corrected chi connectivity index (χ4v) is 2.57. The fourth-order valence-electron chi connectivity index (χ4n) is 2.57. The number of ether oxygens (including phenoxy) is 5. The van der Waals surface area contributed by atoms with E-state index in [9.17, 15) is 4.79 Å². The second kappa shape index (κ2) is 8.33. The first kappa shape index (κ1) is 19.2. The molecule has 2 aromatic carbocycles. The van der Waals surface area contributed by atoms with Crippen LogP contribution < -0.4 is 29.0 Å². The van der Waals surface area contributed by atoms with Crippen molar-refractivity contribution in [2.75, 3.05) is 40.9 Å². The van der Waals surface area contributed by atoms with Gasteiger partial charge in [0.2, 0.25) is 5.75 Å². The number of carbonyl (C=O) groups excluding carboxylic acids is 1. The number of hydrogen-bond acceptors (Lipinski definition) is 6. The van der Waals surface area contributed by atoms with Gasteiger partial charge >= 0.3 is 0 Å². The molecule has 1 amide bonds. The molecule has 0 aliphatic rings. The van der Waals surface area contributed by atoms with Crippen LogP contribution in [0.3, 0.4) is 0 Å². The number of benzene rings is 2. The van der Waals surface area contributed by atoms with Crippen molar-refractivity contribution < 1.29 is 28.5 Å². The Bertz CT molecular complexity index is 753. The van der Waals surface area contributed by atoms with E-state index in [-0.39, 0.29) is 5.91 Å². The van der Waals surface area contributed by atoms with Crippen LogP contribution in [0.1, 0.15) is 15.9 Å². The zero-order chi connectivity index (χ0) is 19.3. The van der Waals surface area contributed by atoms with Gasteiger partial charge in [0.15, 0.2) is 11.5 Å². The van der Waals surface area contributed by atoms with Crippen LogP contribution in [-0.4, -0.2) is 41.5 Å². The van der Waals surface area contributed by atoms with Gasteiger partial charge in [-0.05, 0) is 19.1 Å². The number of anilines is 1. The van der Waals surface area contributed by atoms with Crippen molar-refractivity contribution in [3.63, 3.8) is 0 Å². The highest BCUT2D eigenvalue weighted by Gasteiger charge is 2.17. The van der Waals surface area contributed by atoms with E-state index in [1.807, 2.05) is 6.92 Å². The molecular weight excluding hydrogens is 338 g/mol. The summed E-state index contributed by atoms with van der Waals surface area (Å²) in [6, 6.07) is 6.63. The molecule has 26 heavy (non-hydrogen) atoms. The zero-order valence-corrected chi connectivity index (χ0v) is 15.8. The second-order valence-electron chi connectivity index (χ2n) is 5.37. The van der Waals surface area contributed by atoms with Crippen molar-refractivity contribution in [3.05, 3.63) is 35.4 Å². The van der Waals surface area contributed by atoms with Gasteiger partial charge in [-0.15, -0.1) is 0 Å². The van der Waals surface area contributed by atoms with E-state index >= 15 is 0 Å². The van der Waals surface area contributed by atoms with Crippen LogP contribution in [-0.2, 0) is 0 Å². The number of rotatable bonds is 7. The summed E-state index contributed by atoms with van der Waals surface area (Å²) >= 11 is 0. The molecule has 0 atom stereocenters. The number of amides is 1. The van der Waals surface area contributed by atoms with E-state index in [0.717, 1.165) is 5.56 Å². The summed E-state index contributed by atoms with van der Waals surface area (Å²) < 4.78 is 26.5. The van der Waals surface area contributed by atoms with Crippen molar-refractivity contribution in [2.45, 2.75) is 6.92 Å². The van der Waals surface area contributed by atoms with Crippen LogP contribution in [0.15, 0.2) is 24.3 Å². The van der Waals surface area contributed by atoms with Gasteiger partial charge in [-0.2, -0.15) is 0 Å². The normalized spacial score (nSPS) is 10.1. The number of hydrogen-bond donors (Lipinski definition) is 1. The van der Waals surface area contributed by atoms with Crippen molar-refractivity contribution in [2.24, 2.45) is 0 Å². The minimum Gasteiger partial charge on any atom is -0.496 e. The number of methoxy groups -OCH3 is 5. The van der Waals surface area contributed by atoms with Gasteiger partial charge in [-0.1, -0.05) is 0 Å². The highest BCUT2D eigenvalue weighted by molar-refractivity contribution is 6.05. The lowest BCUT2D eigenvalue weighted by Gasteiger charge is -2.15. The Morgan fingerprint density at radius 1 is 0.731 bits per heavy atom. The van der Waals surface area contributed by atoms with E-state index < -0.39 is 0 Å². The average Bonchev–Trinajstić information content (AvgIpc) is 2.67. The number of carbonyl (C=O) groups is 1. The highest BCUT2D eigenvalue weighted by Crippen LogP contribution is 2.40. The van der Waals surface area contributed by atoms with E-state index in [0.29, 0.717) is 40.0 Å². The first-order chi connectivity index (χ1) is 12.5. The van der Waals surface area contributed by atoms with Gasteiger partial charge < -0.3 is 29.0 Å². The quantitative estimate of drug-likeness (QED) is 0.816. The van der Waals surface area contributed by atoms with Gasteiger partial charge in [0.25, 0.3) is 5.91 Å². The van der Waals surface area contributed by atoms with Gasteiger partial charge in [0.05, 0.1) is 35.5 Å². The predicted molar refractivity (Wildman–Crippen MR) is 98.3 cm³/mol. The molecule has 140 valence electrons. The molecule has 0 aliphatic heterocycles. The Labute approximate surface area is 152 Å². The molecule has 0 heterocycles. The van der Waals surface area contributed by atoms with E-state index in [1.165, 1.54) is 21.3 Å². The predicted octanol–water partition coefficient (Wildman–Crippen LogP) is 3.29. The Kier molecular flexibility index (Phi) is 6.16. The molecule has 0 bridgehead atoms. The lowest BCUT2D eigenvalue weighted by atomic mass is 10.1. The van der Waals surface area contributed by atoms with Crippen LogP contribution in [0.4, 0.5) is 5.69 Å². The second-order valence-corrected chi connectivity index (χ2v) is 5.37. The SMILES string of the molecule is COc1cc(C(=O)Nc2cc(OC)c(OC)c(OC)c2)cc(OC)c1C. The third-order valence-corrected chi connectivity index (χ3v) is 3.94. The highest BCUT2D eigenvalue weighted by atomic mass is 16.5. The molecule has 0 aromatic heterocycles. The van der Waals surface area contributed by atoms with Gasteiger partial charge in [-0.3, -0.25) is 4.79 Å². The van der Waals surface area contributed by atoms with Crippen molar-refractivity contribution in [3.8, 4) is 28.7 Å². The maximum absolute atomic E-state index is 12.7. The monoisotopic (exact) mass is 361 g/mol. The fraction of sp³-hybridized carbons (Fsp3) is 0.316. The topological polar surface area (TPSA) is 75.3 Å². The summed E-state index contributed by atoms with van der Waals surface area (Å²) in [7, 11) is 7.63. The van der Waals surface area contributed by atoms with Crippen LogP contribution in [0, 0.1) is 6.92 Å². The summed E-state index contributed by atoms with van der Waals surface area (Å²) in [5.41, 5.74) is 1.72. The molecule has 0 fully saturated rings. The van der Waals surface area contributed by atoms with Crippen molar-refractivity contribution in [1.29, 1.82) is 0 Å². The third kappa shape index (κ3) is 3.77. The van der Waals surface area contributed by atoms with Crippen LogP contribution in [0.2, 0.25) is 0 Å². The number of nitrogens with one attached hydrogen (secondary N) is 1. The Morgan fingerprint density at radius 3 is 1.58 bits per heavy atom. The van der Waals surface area contributed by atoms with E-state index in [2.05, 4.69) is 5.32 Å². The maximum atomic E-state index is 12.7. The first-order valence-electron chi connectivity index (χ1n) is 7.83. The molecule has 0 unspecified atom stereocenters. The summed E-state index contributed by atoms with van der Waals surface area (Å²) in [6.45, 7) is 1.86. The minimum atomic E-state index is -0.323. The summed E-state index contributed by atoms with van der Waals surface area (Å²) in [5.74, 6) is 2.16. The molecule has 7 heteroatoms. The van der Waals surface area contributed by atoms with Crippen molar-refractivity contribution in [1.82, 2.24) is 0 Å². The standard InChI is InChI=1S/C19H23NO6/c1-11-14(22-2)7-12(8-15(11)23-3)19(21)20-13-9-16(24-4)18(26-6)17(10-13)25-5/h7-10H,1-6H3,(H,20,21). The first-order valence-corrected chi connectivity index (χ1v) is 7.83. The molecule has 1 N–H and O–H groups in total. The molecular formula is C19H23NO6. The van der Waals surface area contributed by atoms with Crippen LogP contribution in [0.5, 0.6) is 28.7 Å². The average molecular weight is 361 g/mol. The minimum absolute atomic E-state index is 0.323. The molecule has 0 saturated carbocycles. The third-order valence-electron chi connectivity index (χ3n) is 3.94. The lowest BCUT2D eigenvalue weighted by molar-refractivity contribution is 0.102. The molecule has 2 rings (SSSR count). The Balaban J connectivity index is 2.38. The summed E-state index contributed by atoms with van der Waals surface area (Å²) in [5, 5.41) is 2.82. The van der Waals surface area contributed by atoms with Crippen molar-refractivity contribution >= 4 is 11.6 Å². The summed E-state index contributed by atoms with van der Waals surface area (Å²) in [4.78, 5) is 12.7. The van der Waals surface area contributed by atoms with Gasteiger partial charge in [-0.25, -0.2) is 0 Å². The molecule has 0 spiro atoms. The molecule has 0 radical (unpaired) electrons. The lowest BCUT2D eigenvalue weighted by Crippen LogP contribution is -2.13. The molecule has 7 nitrogen and oxygen atoms in total. The molecule has 2 aromatic rings.